The predicted molar refractivity (Wildman–Crippen MR) is 50.6 cm³/mol. The van der Waals surface area contributed by atoms with Crippen molar-refractivity contribution in [3.05, 3.63) is 24.5 Å². The van der Waals surface area contributed by atoms with Crippen LogP contribution in [0.3, 0.4) is 0 Å². The second-order valence-corrected chi connectivity index (χ2v) is 3.09. The number of aliphatic hydroxyl groups excluding tert-OH is 1. The molecule has 2 rings (SSSR count). The first-order chi connectivity index (χ1) is 7.31. The molecule has 0 aliphatic carbocycles. The summed E-state index contributed by atoms with van der Waals surface area (Å²) < 4.78 is 9.86. The quantitative estimate of drug-likeness (QED) is 0.769. The summed E-state index contributed by atoms with van der Waals surface area (Å²) in [6, 6.07) is 1.30. The molecular formula is C9H11N3O3. The van der Waals surface area contributed by atoms with E-state index in [1.807, 2.05) is 0 Å². The molecule has 3 N–H and O–H groups in total. The first-order valence-corrected chi connectivity index (χ1v) is 4.54. The lowest BCUT2D eigenvalue weighted by molar-refractivity contribution is 0.259. The van der Waals surface area contributed by atoms with E-state index in [1.54, 1.807) is 6.07 Å². The third-order valence-corrected chi connectivity index (χ3v) is 1.98. The van der Waals surface area contributed by atoms with Crippen molar-refractivity contribution in [2.75, 3.05) is 6.61 Å². The Kier molecular flexibility index (Phi) is 2.79. The molecule has 6 heteroatoms. The minimum atomic E-state index is -0.428. The lowest BCUT2D eigenvalue weighted by Gasteiger charge is -2.01. The van der Waals surface area contributed by atoms with Gasteiger partial charge in [0, 0.05) is 6.61 Å². The van der Waals surface area contributed by atoms with Gasteiger partial charge in [-0.25, -0.2) is 0 Å². The number of nitrogens with zero attached hydrogens (tertiary/aromatic N) is 2. The summed E-state index contributed by atoms with van der Waals surface area (Å²) in [7, 11) is 0. The minimum Gasteiger partial charge on any atom is -0.472 e. The highest BCUT2D eigenvalue weighted by Crippen LogP contribution is 2.18. The van der Waals surface area contributed by atoms with Crippen molar-refractivity contribution in [2.45, 2.75) is 12.5 Å². The van der Waals surface area contributed by atoms with Crippen molar-refractivity contribution in [2.24, 2.45) is 5.73 Å². The van der Waals surface area contributed by atoms with Gasteiger partial charge in [-0.1, -0.05) is 5.16 Å². The fourth-order valence-corrected chi connectivity index (χ4v) is 1.16. The minimum absolute atomic E-state index is 0.00934. The molecule has 0 bridgehead atoms. The molecule has 0 fully saturated rings. The van der Waals surface area contributed by atoms with Gasteiger partial charge < -0.3 is 19.8 Å². The summed E-state index contributed by atoms with van der Waals surface area (Å²) in [5.74, 6) is 0.757. The maximum atomic E-state index is 8.70. The van der Waals surface area contributed by atoms with Crippen LogP contribution >= 0.6 is 0 Å². The molecule has 0 amide bonds. The third kappa shape index (κ3) is 2.05. The summed E-state index contributed by atoms with van der Waals surface area (Å²) in [5.41, 5.74) is 6.43. The van der Waals surface area contributed by atoms with Crippen molar-refractivity contribution < 1.29 is 14.0 Å². The monoisotopic (exact) mass is 209 g/mol. The van der Waals surface area contributed by atoms with Crippen molar-refractivity contribution >= 4 is 0 Å². The van der Waals surface area contributed by atoms with Gasteiger partial charge in [-0.15, -0.1) is 0 Å². The molecule has 2 heterocycles. The number of aromatic nitrogens is 2. The first kappa shape index (κ1) is 9.88. The average Bonchev–Trinajstić information content (AvgIpc) is 2.89. The van der Waals surface area contributed by atoms with Crippen LogP contribution in [-0.4, -0.2) is 21.9 Å². The summed E-state index contributed by atoms with van der Waals surface area (Å²) in [5, 5.41) is 12.5. The summed E-state index contributed by atoms with van der Waals surface area (Å²) >= 11 is 0. The van der Waals surface area contributed by atoms with Crippen LogP contribution in [0.25, 0.3) is 11.4 Å². The van der Waals surface area contributed by atoms with E-state index in [1.165, 1.54) is 12.5 Å². The van der Waals surface area contributed by atoms with Gasteiger partial charge in [-0.2, -0.15) is 4.98 Å². The van der Waals surface area contributed by atoms with E-state index in [2.05, 4.69) is 10.1 Å². The number of hydrogen-bond donors (Lipinski definition) is 2. The molecule has 0 saturated carbocycles. The lowest BCUT2D eigenvalue weighted by atomic mass is 10.2. The number of hydrogen-bond acceptors (Lipinski definition) is 6. The lowest BCUT2D eigenvalue weighted by Crippen LogP contribution is -2.12. The number of furan rings is 1. The van der Waals surface area contributed by atoms with Crippen LogP contribution < -0.4 is 5.73 Å². The Balaban J connectivity index is 2.17. The molecule has 1 atom stereocenters. The second-order valence-electron chi connectivity index (χ2n) is 3.09. The third-order valence-electron chi connectivity index (χ3n) is 1.98. The topological polar surface area (TPSA) is 98.3 Å². The Labute approximate surface area is 85.7 Å². The Hall–Kier alpha value is -1.66. The molecule has 15 heavy (non-hydrogen) atoms. The van der Waals surface area contributed by atoms with Gasteiger partial charge in [0.15, 0.2) is 0 Å². The summed E-state index contributed by atoms with van der Waals surface area (Å²) in [6.07, 6.45) is 3.44. The van der Waals surface area contributed by atoms with Crippen molar-refractivity contribution in [3.63, 3.8) is 0 Å². The molecule has 0 aliphatic rings. The molecule has 0 spiro atoms. The molecular weight excluding hydrogens is 198 g/mol. The molecule has 1 unspecified atom stereocenters. The highest BCUT2D eigenvalue weighted by atomic mass is 16.5. The molecule has 2 aromatic rings. The van der Waals surface area contributed by atoms with Crippen molar-refractivity contribution in [1.82, 2.24) is 10.1 Å². The molecule has 80 valence electrons. The van der Waals surface area contributed by atoms with Gasteiger partial charge >= 0.3 is 0 Å². The predicted octanol–water partition coefficient (Wildman–Crippen LogP) is 0.712. The van der Waals surface area contributed by atoms with E-state index in [0.29, 0.717) is 18.1 Å². The largest absolute Gasteiger partial charge is 0.472 e. The van der Waals surface area contributed by atoms with Gasteiger partial charge in [0.2, 0.25) is 11.7 Å². The first-order valence-electron chi connectivity index (χ1n) is 4.54. The zero-order valence-electron chi connectivity index (χ0n) is 7.96. The number of rotatable bonds is 4. The van der Waals surface area contributed by atoms with Crippen LogP contribution in [0.4, 0.5) is 0 Å². The molecule has 0 aliphatic heterocycles. The van der Waals surface area contributed by atoms with Gasteiger partial charge in [-0.3, -0.25) is 0 Å². The number of aliphatic hydroxyl groups is 1. The highest BCUT2D eigenvalue weighted by Gasteiger charge is 2.15. The molecule has 0 radical (unpaired) electrons. The Bertz CT molecular complexity index is 410. The van der Waals surface area contributed by atoms with Crippen LogP contribution in [0, 0.1) is 0 Å². The maximum Gasteiger partial charge on any atom is 0.243 e. The summed E-state index contributed by atoms with van der Waals surface area (Å²) in [4.78, 5) is 4.10. The molecule has 6 nitrogen and oxygen atoms in total. The fraction of sp³-hybridized carbons (Fsp3) is 0.333. The van der Waals surface area contributed by atoms with E-state index in [-0.39, 0.29) is 6.61 Å². The van der Waals surface area contributed by atoms with E-state index >= 15 is 0 Å². The Morgan fingerprint density at radius 2 is 2.40 bits per heavy atom. The van der Waals surface area contributed by atoms with E-state index in [4.69, 9.17) is 19.8 Å². The van der Waals surface area contributed by atoms with Crippen molar-refractivity contribution in [3.8, 4) is 11.4 Å². The fourth-order valence-electron chi connectivity index (χ4n) is 1.16. The van der Waals surface area contributed by atoms with Crippen LogP contribution in [0.5, 0.6) is 0 Å². The zero-order valence-corrected chi connectivity index (χ0v) is 7.96. The number of nitrogens with two attached hydrogens (primary N) is 1. The Morgan fingerprint density at radius 3 is 3.07 bits per heavy atom. The molecule has 0 saturated heterocycles. The second kappa shape index (κ2) is 4.24. The van der Waals surface area contributed by atoms with E-state index in [9.17, 15) is 0 Å². The van der Waals surface area contributed by atoms with Crippen molar-refractivity contribution in [1.29, 1.82) is 0 Å². The smallest absolute Gasteiger partial charge is 0.243 e. The summed E-state index contributed by atoms with van der Waals surface area (Å²) in [6.45, 7) is -0.00934. The Morgan fingerprint density at radius 1 is 1.53 bits per heavy atom. The van der Waals surface area contributed by atoms with Gasteiger partial charge in [0.25, 0.3) is 0 Å². The van der Waals surface area contributed by atoms with Crippen LogP contribution in [-0.2, 0) is 0 Å². The van der Waals surface area contributed by atoms with Gasteiger partial charge in [-0.05, 0) is 12.5 Å². The standard InChI is InChI=1S/C9H11N3O3/c10-7(1-3-13)9-11-8(12-15-9)6-2-4-14-5-6/h2,4-5,7,13H,1,3,10H2. The van der Waals surface area contributed by atoms with E-state index < -0.39 is 6.04 Å². The van der Waals surface area contributed by atoms with Crippen LogP contribution in [0.2, 0.25) is 0 Å². The van der Waals surface area contributed by atoms with Crippen LogP contribution in [0.1, 0.15) is 18.4 Å². The molecule has 2 aromatic heterocycles. The SMILES string of the molecule is NC(CCO)c1nc(-c2ccoc2)no1. The maximum absolute atomic E-state index is 8.70. The normalized spacial score (nSPS) is 12.9. The average molecular weight is 209 g/mol. The zero-order chi connectivity index (χ0) is 10.7. The van der Waals surface area contributed by atoms with Gasteiger partial charge in [0.05, 0.1) is 17.9 Å². The van der Waals surface area contributed by atoms with Gasteiger partial charge in [0.1, 0.15) is 6.26 Å². The van der Waals surface area contributed by atoms with E-state index in [0.717, 1.165) is 5.56 Å². The molecule has 0 aromatic carbocycles. The highest BCUT2D eigenvalue weighted by molar-refractivity contribution is 5.51. The van der Waals surface area contributed by atoms with Crippen LogP contribution in [0.15, 0.2) is 27.5 Å².